The Morgan fingerprint density at radius 3 is 1.23 bits per heavy atom. The molecule has 10 rings (SSSR count). The summed E-state index contributed by atoms with van der Waals surface area (Å²) >= 11 is 0. The molecular weight excluding hydrogens is 657 g/mol. The minimum atomic E-state index is 0.536. The number of aromatic nitrogens is 2. The molecular formula is C46H30N4O3. The highest BCUT2D eigenvalue weighted by molar-refractivity contribution is 6.10. The maximum absolute atomic E-state index is 7.11. The van der Waals surface area contributed by atoms with Crippen molar-refractivity contribution in [1.82, 2.24) is 9.97 Å². The van der Waals surface area contributed by atoms with Gasteiger partial charge in [0.15, 0.2) is 22.7 Å². The Hall–Kier alpha value is -7.38. The molecule has 53 heavy (non-hydrogen) atoms. The Balaban J connectivity index is 1.23. The lowest BCUT2D eigenvalue weighted by Crippen LogP contribution is -2.11. The molecule has 0 spiro atoms. The van der Waals surface area contributed by atoms with Crippen LogP contribution in [0.2, 0.25) is 0 Å². The molecule has 0 N–H and O–H groups in total. The first kappa shape index (κ1) is 30.4. The molecule has 0 bridgehead atoms. The van der Waals surface area contributed by atoms with Gasteiger partial charge in [-0.15, -0.1) is 0 Å². The second-order valence-electron chi connectivity index (χ2n) is 12.7. The topological polar surface area (TPSA) is 67.8 Å². The number of ether oxygens (including phenoxy) is 1. The summed E-state index contributed by atoms with van der Waals surface area (Å²) in [6, 6.07) is 56.7. The van der Waals surface area contributed by atoms with E-state index in [1.54, 1.807) is 12.4 Å². The molecule has 0 aliphatic rings. The number of rotatable bonds is 8. The zero-order chi connectivity index (χ0) is 35.1. The fraction of sp³-hybridized carbons (Fsp3) is 0. The number of furan rings is 2. The van der Waals surface area contributed by atoms with Gasteiger partial charge in [0.1, 0.15) is 22.8 Å². The monoisotopic (exact) mass is 686 g/mol. The third-order valence-corrected chi connectivity index (χ3v) is 9.38. The highest BCUT2D eigenvalue weighted by atomic mass is 16.5. The largest absolute Gasteiger partial charge is 0.452 e. The molecule has 0 fully saturated rings. The molecule has 0 amide bonds. The van der Waals surface area contributed by atoms with Crippen LogP contribution in [0, 0.1) is 0 Å². The van der Waals surface area contributed by atoms with Gasteiger partial charge >= 0.3 is 0 Å². The molecule has 0 atom stereocenters. The van der Waals surface area contributed by atoms with Gasteiger partial charge in [-0.1, -0.05) is 84.9 Å². The molecule has 0 saturated heterocycles. The summed E-state index contributed by atoms with van der Waals surface area (Å²) in [5.41, 5.74) is 6.43. The standard InChI is InChI=1S/C46H30N4O3/c1-3-15-31(16-4-1)49(43-23-11-13-25-47-43)33-27-37-35-19-7-9-21-39(35)52-45(37)41(29-33)51-42-30-34(28-38-36-20-8-10-22-40(36)53-46(38)42)50(32-17-5-2-6-18-32)44-24-12-14-26-48-44/h1-30H. The van der Waals surface area contributed by atoms with Crippen LogP contribution in [-0.4, -0.2) is 9.97 Å². The number of anilines is 6. The normalized spacial score (nSPS) is 11.4. The number of benzene rings is 6. The van der Waals surface area contributed by atoms with Crippen molar-refractivity contribution < 1.29 is 13.6 Å². The van der Waals surface area contributed by atoms with Crippen molar-refractivity contribution >= 4 is 78.3 Å². The molecule has 7 heteroatoms. The van der Waals surface area contributed by atoms with E-state index in [1.807, 2.05) is 121 Å². The molecule has 0 saturated carbocycles. The van der Waals surface area contributed by atoms with Gasteiger partial charge in [-0.05, 0) is 72.8 Å². The van der Waals surface area contributed by atoms with Crippen molar-refractivity contribution in [2.75, 3.05) is 9.80 Å². The molecule has 0 radical (unpaired) electrons. The van der Waals surface area contributed by atoms with Crippen molar-refractivity contribution in [3.8, 4) is 11.5 Å². The molecule has 252 valence electrons. The number of nitrogens with zero attached hydrogens (tertiary/aromatic N) is 4. The first-order valence-corrected chi connectivity index (χ1v) is 17.4. The van der Waals surface area contributed by atoms with E-state index in [-0.39, 0.29) is 0 Å². The van der Waals surface area contributed by atoms with Crippen LogP contribution in [0.25, 0.3) is 43.9 Å². The van der Waals surface area contributed by atoms with Crippen LogP contribution in [0.5, 0.6) is 11.5 Å². The first-order chi connectivity index (χ1) is 26.3. The summed E-state index contributed by atoms with van der Waals surface area (Å²) in [5.74, 6) is 2.61. The minimum Gasteiger partial charge on any atom is -0.452 e. The Kier molecular flexibility index (Phi) is 7.32. The van der Waals surface area contributed by atoms with Crippen LogP contribution in [-0.2, 0) is 0 Å². The SMILES string of the molecule is c1ccc(N(c2cc(Oc3cc(N(c4ccccc4)c4ccccn4)cc4c3oc3ccccc34)c3oc4ccccc4c3c2)c2ccccn2)cc1. The van der Waals surface area contributed by atoms with Crippen molar-refractivity contribution in [1.29, 1.82) is 0 Å². The number of para-hydroxylation sites is 4. The minimum absolute atomic E-state index is 0.536. The van der Waals surface area contributed by atoms with E-state index in [0.29, 0.717) is 22.7 Å². The van der Waals surface area contributed by atoms with Gasteiger partial charge in [-0.3, -0.25) is 9.80 Å². The van der Waals surface area contributed by atoms with Gasteiger partial charge in [0, 0.05) is 57.4 Å². The van der Waals surface area contributed by atoms with E-state index in [1.165, 1.54) is 0 Å². The van der Waals surface area contributed by atoms with Crippen LogP contribution in [0.15, 0.2) is 191 Å². The molecule has 0 unspecified atom stereocenters. The van der Waals surface area contributed by atoms with Crippen molar-refractivity contribution in [2.45, 2.75) is 0 Å². The van der Waals surface area contributed by atoms with E-state index >= 15 is 0 Å². The van der Waals surface area contributed by atoms with Gasteiger partial charge in [0.25, 0.3) is 0 Å². The number of hydrogen-bond acceptors (Lipinski definition) is 7. The quantitative estimate of drug-likeness (QED) is 0.158. The summed E-state index contributed by atoms with van der Waals surface area (Å²) in [6.45, 7) is 0. The second-order valence-corrected chi connectivity index (χ2v) is 12.7. The average molecular weight is 687 g/mol. The Bertz CT molecular complexity index is 2600. The maximum Gasteiger partial charge on any atom is 0.178 e. The van der Waals surface area contributed by atoms with Gasteiger partial charge in [0.2, 0.25) is 0 Å². The lowest BCUT2D eigenvalue weighted by atomic mass is 10.1. The molecule has 0 aliphatic carbocycles. The predicted octanol–water partition coefficient (Wildman–Crippen LogP) is 13.0. The number of hydrogen-bond donors (Lipinski definition) is 0. The molecule has 7 nitrogen and oxygen atoms in total. The summed E-state index contributed by atoms with van der Waals surface area (Å²) in [7, 11) is 0. The van der Waals surface area contributed by atoms with Gasteiger partial charge in [0.05, 0.1) is 11.4 Å². The molecule has 4 heterocycles. The van der Waals surface area contributed by atoms with Gasteiger partial charge in [-0.2, -0.15) is 0 Å². The smallest absolute Gasteiger partial charge is 0.178 e. The third-order valence-electron chi connectivity index (χ3n) is 9.38. The summed E-state index contributed by atoms with van der Waals surface area (Å²) < 4.78 is 20.3. The van der Waals surface area contributed by atoms with Crippen LogP contribution >= 0.6 is 0 Å². The highest BCUT2D eigenvalue weighted by Gasteiger charge is 2.24. The zero-order valence-corrected chi connectivity index (χ0v) is 28.3. The predicted molar refractivity (Wildman–Crippen MR) is 212 cm³/mol. The van der Waals surface area contributed by atoms with E-state index in [4.69, 9.17) is 23.5 Å². The van der Waals surface area contributed by atoms with E-state index in [0.717, 1.165) is 67.1 Å². The molecule has 6 aromatic carbocycles. The Labute approximate surface area is 304 Å². The molecule has 10 aromatic rings. The third kappa shape index (κ3) is 5.39. The first-order valence-electron chi connectivity index (χ1n) is 17.4. The number of fused-ring (bicyclic) bond motifs is 6. The van der Waals surface area contributed by atoms with Gasteiger partial charge in [-0.25, -0.2) is 9.97 Å². The Morgan fingerprint density at radius 2 is 0.792 bits per heavy atom. The summed E-state index contributed by atoms with van der Waals surface area (Å²) in [4.78, 5) is 13.8. The Morgan fingerprint density at radius 1 is 0.377 bits per heavy atom. The molecule has 4 aromatic heterocycles. The van der Waals surface area contributed by atoms with Crippen LogP contribution < -0.4 is 14.5 Å². The van der Waals surface area contributed by atoms with Crippen LogP contribution in [0.3, 0.4) is 0 Å². The second kappa shape index (κ2) is 12.7. The lowest BCUT2D eigenvalue weighted by Gasteiger charge is -2.25. The molecule has 0 aliphatic heterocycles. The van der Waals surface area contributed by atoms with E-state index < -0.39 is 0 Å². The fourth-order valence-electron chi connectivity index (χ4n) is 7.04. The fourth-order valence-corrected chi connectivity index (χ4v) is 7.04. The van der Waals surface area contributed by atoms with Crippen molar-refractivity contribution in [3.05, 3.63) is 182 Å². The van der Waals surface area contributed by atoms with Crippen molar-refractivity contribution in [3.63, 3.8) is 0 Å². The maximum atomic E-state index is 7.11. The average Bonchev–Trinajstić information content (AvgIpc) is 3.79. The van der Waals surface area contributed by atoms with E-state index in [9.17, 15) is 0 Å². The van der Waals surface area contributed by atoms with Crippen LogP contribution in [0.4, 0.5) is 34.4 Å². The van der Waals surface area contributed by atoms with Crippen LogP contribution in [0.1, 0.15) is 0 Å². The lowest BCUT2D eigenvalue weighted by molar-refractivity contribution is 0.471. The summed E-state index contributed by atoms with van der Waals surface area (Å²) in [6.07, 6.45) is 3.61. The van der Waals surface area contributed by atoms with Gasteiger partial charge < -0.3 is 13.6 Å². The highest BCUT2D eigenvalue weighted by Crippen LogP contribution is 2.47. The van der Waals surface area contributed by atoms with Crippen molar-refractivity contribution in [2.24, 2.45) is 0 Å². The zero-order valence-electron chi connectivity index (χ0n) is 28.3. The summed E-state index contributed by atoms with van der Waals surface area (Å²) in [5, 5.41) is 3.80. The van der Waals surface area contributed by atoms with E-state index in [2.05, 4.69) is 58.3 Å². The number of pyridine rings is 2.